The molecule has 0 heterocycles. The van der Waals surface area contributed by atoms with E-state index in [9.17, 15) is 0 Å². The topological polar surface area (TPSA) is 0 Å². The molecule has 1 aromatic carbocycles. The van der Waals surface area contributed by atoms with Crippen LogP contribution in [0.15, 0.2) is 18.2 Å². The van der Waals surface area contributed by atoms with Gasteiger partial charge >= 0.3 is 0 Å². The first-order valence-electron chi connectivity index (χ1n) is 8.03. The van der Waals surface area contributed by atoms with Crippen molar-refractivity contribution in [2.45, 2.75) is 76.2 Å². The number of aryl methyl sites for hydroxylation is 1. The number of hydrogen-bond acceptors (Lipinski definition) is 0. The summed E-state index contributed by atoms with van der Waals surface area (Å²) in [5.74, 6) is 0. The Morgan fingerprint density at radius 2 is 1.60 bits per heavy atom. The van der Waals surface area contributed by atoms with Gasteiger partial charge in [0.05, 0.1) is 4.07 Å². The molecular formula is C18H30BrP. The molecular weight excluding hydrogens is 327 g/mol. The lowest BCUT2D eigenvalue weighted by Crippen LogP contribution is -2.11. The van der Waals surface area contributed by atoms with Crippen LogP contribution in [0.5, 0.6) is 0 Å². The van der Waals surface area contributed by atoms with Crippen molar-refractivity contribution in [2.24, 2.45) is 0 Å². The van der Waals surface area contributed by atoms with Crippen LogP contribution >= 0.6 is 25.2 Å². The SMILES string of the molecule is CCCCCCCCCC(P)(Br)c1cccc(C)c1C. The first-order chi connectivity index (χ1) is 9.49. The summed E-state index contributed by atoms with van der Waals surface area (Å²) < 4.78 is 0.0481. The normalized spacial score (nSPS) is 14.2. The zero-order chi connectivity index (χ0) is 15.0. The molecule has 2 heteroatoms. The molecule has 0 saturated carbocycles. The van der Waals surface area contributed by atoms with E-state index in [0.717, 1.165) is 0 Å². The molecule has 1 rings (SSSR count). The molecule has 0 aromatic heterocycles. The number of hydrogen-bond donors (Lipinski definition) is 0. The lowest BCUT2D eigenvalue weighted by atomic mass is 9.97. The summed E-state index contributed by atoms with van der Waals surface area (Å²) in [6.45, 7) is 6.70. The molecule has 20 heavy (non-hydrogen) atoms. The van der Waals surface area contributed by atoms with Crippen molar-refractivity contribution in [3.8, 4) is 0 Å². The van der Waals surface area contributed by atoms with Gasteiger partial charge in [-0.05, 0) is 37.0 Å². The highest BCUT2D eigenvalue weighted by Crippen LogP contribution is 2.44. The summed E-state index contributed by atoms with van der Waals surface area (Å²) in [7, 11) is 3.02. The number of alkyl halides is 1. The number of unbranched alkanes of at least 4 members (excludes halogenated alkanes) is 6. The summed E-state index contributed by atoms with van der Waals surface area (Å²) in [6, 6.07) is 6.62. The third-order valence-corrected chi connectivity index (χ3v) is 5.62. The van der Waals surface area contributed by atoms with Gasteiger partial charge in [0.1, 0.15) is 0 Å². The highest BCUT2D eigenvalue weighted by molar-refractivity contribution is 9.10. The zero-order valence-electron chi connectivity index (χ0n) is 13.3. The van der Waals surface area contributed by atoms with Crippen molar-refractivity contribution in [3.05, 3.63) is 34.9 Å². The predicted octanol–water partition coefficient (Wildman–Crippen LogP) is 6.87. The molecule has 0 aliphatic rings. The van der Waals surface area contributed by atoms with E-state index in [2.05, 4.69) is 64.1 Å². The van der Waals surface area contributed by atoms with Gasteiger partial charge in [-0.25, -0.2) is 0 Å². The van der Waals surface area contributed by atoms with Gasteiger partial charge in [-0.15, -0.1) is 9.24 Å². The van der Waals surface area contributed by atoms with Crippen LogP contribution in [0.4, 0.5) is 0 Å². The molecule has 0 aliphatic carbocycles. The van der Waals surface area contributed by atoms with Gasteiger partial charge in [-0.2, -0.15) is 0 Å². The lowest BCUT2D eigenvalue weighted by molar-refractivity contribution is 0.567. The fraction of sp³-hybridized carbons (Fsp3) is 0.667. The average Bonchev–Trinajstić information content (AvgIpc) is 2.40. The monoisotopic (exact) mass is 356 g/mol. The molecule has 2 unspecified atom stereocenters. The molecule has 0 spiro atoms. The third kappa shape index (κ3) is 5.86. The minimum Gasteiger partial charge on any atom is -0.115 e. The van der Waals surface area contributed by atoms with Gasteiger partial charge in [-0.1, -0.05) is 86.0 Å². The van der Waals surface area contributed by atoms with Crippen molar-refractivity contribution in [3.63, 3.8) is 0 Å². The van der Waals surface area contributed by atoms with Crippen LogP contribution in [0.2, 0.25) is 0 Å². The Hall–Kier alpha value is 0.130. The number of rotatable bonds is 9. The molecule has 0 bridgehead atoms. The lowest BCUT2D eigenvalue weighted by Gasteiger charge is -2.25. The quantitative estimate of drug-likeness (QED) is 0.257. The molecule has 0 aliphatic heterocycles. The van der Waals surface area contributed by atoms with Gasteiger partial charge in [-0.3, -0.25) is 0 Å². The standard InChI is InChI=1S/C18H30BrP/c1-4-5-6-7-8-9-10-14-18(19,20)17-13-11-12-15(2)16(17)3/h11-13H,4-10,14,20H2,1-3H3. The highest BCUT2D eigenvalue weighted by Gasteiger charge is 2.24. The number of halogens is 1. The summed E-state index contributed by atoms with van der Waals surface area (Å²) >= 11 is 3.93. The second-order valence-electron chi connectivity index (χ2n) is 5.98. The second-order valence-corrected chi connectivity index (χ2v) is 9.23. The summed E-state index contributed by atoms with van der Waals surface area (Å²) in [5, 5.41) is 0. The maximum Gasteiger partial charge on any atom is 0.0646 e. The Balaban J connectivity index is 2.40. The Bertz CT molecular complexity index is 398. The van der Waals surface area contributed by atoms with Gasteiger partial charge < -0.3 is 0 Å². The van der Waals surface area contributed by atoms with E-state index in [1.807, 2.05) is 0 Å². The predicted molar refractivity (Wildman–Crippen MR) is 98.8 cm³/mol. The maximum absolute atomic E-state index is 3.93. The van der Waals surface area contributed by atoms with Crippen LogP contribution in [0.25, 0.3) is 0 Å². The molecule has 0 nitrogen and oxygen atoms in total. The Labute approximate surface area is 136 Å². The Morgan fingerprint density at radius 1 is 1.00 bits per heavy atom. The molecule has 0 saturated heterocycles. The van der Waals surface area contributed by atoms with E-state index in [0.29, 0.717) is 0 Å². The van der Waals surface area contributed by atoms with Crippen LogP contribution in [0.1, 0.15) is 75.0 Å². The first-order valence-corrected chi connectivity index (χ1v) is 9.40. The summed E-state index contributed by atoms with van der Waals surface area (Å²) in [5.41, 5.74) is 4.23. The number of benzene rings is 1. The molecule has 0 fully saturated rings. The van der Waals surface area contributed by atoms with Crippen molar-refractivity contribution >= 4 is 25.2 Å². The molecule has 2 atom stereocenters. The largest absolute Gasteiger partial charge is 0.115 e. The Kier molecular flexibility index (Phi) is 8.37. The van der Waals surface area contributed by atoms with Crippen molar-refractivity contribution in [1.29, 1.82) is 0 Å². The van der Waals surface area contributed by atoms with Gasteiger partial charge in [0.25, 0.3) is 0 Å². The molecule has 1 aromatic rings. The van der Waals surface area contributed by atoms with E-state index < -0.39 is 0 Å². The molecule has 0 amide bonds. The second kappa shape index (κ2) is 9.21. The fourth-order valence-electron chi connectivity index (χ4n) is 2.68. The fourth-order valence-corrected chi connectivity index (χ4v) is 3.90. The van der Waals surface area contributed by atoms with E-state index >= 15 is 0 Å². The summed E-state index contributed by atoms with van der Waals surface area (Å²) in [4.78, 5) is 0. The minimum absolute atomic E-state index is 0.0481. The van der Waals surface area contributed by atoms with Crippen LogP contribution < -0.4 is 0 Å². The summed E-state index contributed by atoms with van der Waals surface area (Å²) in [6.07, 6.45) is 10.8. The van der Waals surface area contributed by atoms with E-state index in [1.165, 1.54) is 68.1 Å². The van der Waals surface area contributed by atoms with E-state index in [1.54, 1.807) is 0 Å². The van der Waals surface area contributed by atoms with E-state index in [-0.39, 0.29) is 4.07 Å². The van der Waals surface area contributed by atoms with Crippen molar-refractivity contribution < 1.29 is 0 Å². The van der Waals surface area contributed by atoms with Gasteiger partial charge in [0.15, 0.2) is 0 Å². The third-order valence-electron chi connectivity index (χ3n) is 4.20. The van der Waals surface area contributed by atoms with Crippen molar-refractivity contribution in [1.82, 2.24) is 0 Å². The van der Waals surface area contributed by atoms with Gasteiger partial charge in [0.2, 0.25) is 0 Å². The molecule has 114 valence electrons. The van der Waals surface area contributed by atoms with Gasteiger partial charge in [0, 0.05) is 0 Å². The average molecular weight is 357 g/mol. The van der Waals surface area contributed by atoms with Crippen LogP contribution in [0, 0.1) is 13.8 Å². The maximum atomic E-state index is 3.93. The highest BCUT2D eigenvalue weighted by atomic mass is 79.9. The van der Waals surface area contributed by atoms with Crippen molar-refractivity contribution in [2.75, 3.05) is 0 Å². The Morgan fingerprint density at radius 3 is 2.25 bits per heavy atom. The first kappa shape index (κ1) is 18.2. The molecule has 0 N–H and O–H groups in total. The van der Waals surface area contributed by atoms with E-state index in [4.69, 9.17) is 0 Å². The molecule has 0 radical (unpaired) electrons. The van der Waals surface area contributed by atoms with Crippen LogP contribution in [0.3, 0.4) is 0 Å². The zero-order valence-corrected chi connectivity index (χ0v) is 16.1. The minimum atomic E-state index is 0.0481. The van der Waals surface area contributed by atoms with Crippen LogP contribution in [-0.2, 0) is 4.07 Å². The smallest absolute Gasteiger partial charge is 0.0646 e. The van der Waals surface area contributed by atoms with Crippen LogP contribution in [-0.4, -0.2) is 0 Å².